The van der Waals surface area contributed by atoms with Gasteiger partial charge in [-0.1, -0.05) is 0 Å². The van der Waals surface area contributed by atoms with E-state index in [2.05, 4.69) is 5.32 Å². The van der Waals surface area contributed by atoms with Crippen LogP contribution >= 0.6 is 0 Å². The fraction of sp³-hybridized carbons (Fsp3) is 0.500. The minimum Gasteiger partial charge on any atom is -0.336 e. The Morgan fingerprint density at radius 2 is 2.00 bits per heavy atom. The summed E-state index contributed by atoms with van der Waals surface area (Å²) >= 11 is 0. The van der Waals surface area contributed by atoms with Crippen molar-refractivity contribution in [1.82, 2.24) is 10.2 Å². The Morgan fingerprint density at radius 3 is 2.64 bits per heavy atom. The minimum atomic E-state index is -0.0849. The summed E-state index contributed by atoms with van der Waals surface area (Å²) in [6.45, 7) is 2.60. The number of urea groups is 1. The number of nitrogens with two attached hydrogens (primary N) is 1. The van der Waals surface area contributed by atoms with Gasteiger partial charge in [0.05, 0.1) is 0 Å². The van der Waals surface area contributed by atoms with Crippen molar-refractivity contribution in [1.29, 1.82) is 0 Å². The summed E-state index contributed by atoms with van der Waals surface area (Å²) in [4.78, 5) is 27.9. The van der Waals surface area contributed by atoms with Gasteiger partial charge in [0.15, 0.2) is 0 Å². The summed E-state index contributed by atoms with van der Waals surface area (Å²) in [5.74, 6) is 0.0348. The number of benzene rings is 1. The highest BCUT2D eigenvalue weighted by Crippen LogP contribution is 2.21. The summed E-state index contributed by atoms with van der Waals surface area (Å²) in [5.41, 5.74) is 7.26. The Hall–Kier alpha value is -2.08. The first-order valence-electron chi connectivity index (χ1n) is 7.87. The first-order valence-corrected chi connectivity index (χ1v) is 7.87. The molecule has 0 spiro atoms. The standard InChI is InChI=1S/C16H22N4O2/c17-11-14-3-1-2-9-19(14)15(21)12-4-6-13(7-5-12)20-10-8-18-16(20)22/h4-7,14H,1-3,8-11,17H2,(H,18,22)/t14-/m1/s1. The largest absolute Gasteiger partial charge is 0.336 e. The third-order valence-electron chi connectivity index (χ3n) is 4.44. The monoisotopic (exact) mass is 302 g/mol. The fourth-order valence-electron chi connectivity index (χ4n) is 3.18. The number of nitrogens with one attached hydrogen (secondary N) is 1. The molecule has 2 fully saturated rings. The zero-order valence-electron chi connectivity index (χ0n) is 12.6. The van der Waals surface area contributed by atoms with Crippen LogP contribution in [-0.4, -0.2) is 49.1 Å². The molecule has 1 aromatic carbocycles. The number of nitrogens with zero attached hydrogens (tertiary/aromatic N) is 2. The molecule has 1 aromatic rings. The molecule has 22 heavy (non-hydrogen) atoms. The molecule has 3 N–H and O–H groups in total. The Morgan fingerprint density at radius 1 is 1.23 bits per heavy atom. The van der Waals surface area contributed by atoms with E-state index in [0.29, 0.717) is 25.2 Å². The predicted molar refractivity (Wildman–Crippen MR) is 84.9 cm³/mol. The topological polar surface area (TPSA) is 78.7 Å². The molecule has 0 aromatic heterocycles. The van der Waals surface area contributed by atoms with Gasteiger partial charge < -0.3 is 16.0 Å². The van der Waals surface area contributed by atoms with Crippen LogP contribution in [0.5, 0.6) is 0 Å². The van der Waals surface area contributed by atoms with Gasteiger partial charge in [-0.05, 0) is 43.5 Å². The molecule has 2 saturated heterocycles. The summed E-state index contributed by atoms with van der Waals surface area (Å²) in [5, 5.41) is 2.77. The molecule has 3 rings (SSSR count). The summed E-state index contributed by atoms with van der Waals surface area (Å²) in [6.07, 6.45) is 3.15. The Kier molecular flexibility index (Phi) is 4.29. The lowest BCUT2D eigenvalue weighted by Crippen LogP contribution is -2.47. The molecule has 2 heterocycles. The first-order chi connectivity index (χ1) is 10.7. The van der Waals surface area contributed by atoms with Crippen molar-refractivity contribution in [2.75, 3.05) is 31.1 Å². The number of anilines is 1. The zero-order valence-corrected chi connectivity index (χ0v) is 12.6. The average molecular weight is 302 g/mol. The van der Waals surface area contributed by atoms with Crippen LogP contribution in [0.1, 0.15) is 29.6 Å². The van der Waals surface area contributed by atoms with Crippen LogP contribution < -0.4 is 16.0 Å². The average Bonchev–Trinajstić information content (AvgIpc) is 3.00. The van der Waals surface area contributed by atoms with Crippen molar-refractivity contribution in [3.05, 3.63) is 29.8 Å². The highest BCUT2D eigenvalue weighted by atomic mass is 16.2. The molecule has 1 atom stereocenters. The SMILES string of the molecule is NC[C@H]1CCCCN1C(=O)c1ccc(N2CCNC2=O)cc1. The quantitative estimate of drug-likeness (QED) is 0.879. The van der Waals surface area contributed by atoms with E-state index in [9.17, 15) is 9.59 Å². The van der Waals surface area contributed by atoms with Crippen molar-refractivity contribution >= 4 is 17.6 Å². The van der Waals surface area contributed by atoms with Crippen molar-refractivity contribution in [3.63, 3.8) is 0 Å². The Balaban J connectivity index is 1.74. The Bertz CT molecular complexity index is 558. The van der Waals surface area contributed by atoms with Crippen molar-refractivity contribution in [2.45, 2.75) is 25.3 Å². The number of rotatable bonds is 3. The van der Waals surface area contributed by atoms with Gasteiger partial charge in [0.1, 0.15) is 0 Å². The minimum absolute atomic E-state index is 0.0348. The van der Waals surface area contributed by atoms with E-state index < -0.39 is 0 Å². The molecule has 2 aliphatic heterocycles. The second-order valence-corrected chi connectivity index (χ2v) is 5.81. The maximum Gasteiger partial charge on any atom is 0.321 e. The molecule has 118 valence electrons. The molecule has 3 amide bonds. The molecule has 6 heteroatoms. The third-order valence-corrected chi connectivity index (χ3v) is 4.44. The maximum atomic E-state index is 12.6. The zero-order chi connectivity index (χ0) is 15.5. The maximum absolute atomic E-state index is 12.6. The van der Waals surface area contributed by atoms with Gasteiger partial charge in [-0.25, -0.2) is 4.79 Å². The molecule has 0 radical (unpaired) electrons. The van der Waals surface area contributed by atoms with Crippen LogP contribution in [0.2, 0.25) is 0 Å². The number of carbonyl (C=O) groups excluding carboxylic acids is 2. The molecule has 0 unspecified atom stereocenters. The van der Waals surface area contributed by atoms with Crippen LogP contribution in [0.4, 0.5) is 10.5 Å². The lowest BCUT2D eigenvalue weighted by molar-refractivity contribution is 0.0623. The molecule has 0 bridgehead atoms. The van der Waals surface area contributed by atoms with E-state index in [-0.39, 0.29) is 18.0 Å². The number of piperidine rings is 1. The van der Waals surface area contributed by atoms with Crippen LogP contribution in [-0.2, 0) is 0 Å². The normalized spacial score (nSPS) is 21.9. The molecule has 0 aliphatic carbocycles. The summed E-state index contributed by atoms with van der Waals surface area (Å²) < 4.78 is 0. The van der Waals surface area contributed by atoms with Crippen molar-refractivity contribution < 1.29 is 9.59 Å². The smallest absolute Gasteiger partial charge is 0.321 e. The van der Waals surface area contributed by atoms with Gasteiger partial charge in [-0.15, -0.1) is 0 Å². The number of amides is 3. The van der Waals surface area contributed by atoms with Crippen molar-refractivity contribution in [2.24, 2.45) is 5.73 Å². The van der Waals surface area contributed by atoms with Crippen LogP contribution in [0.3, 0.4) is 0 Å². The highest BCUT2D eigenvalue weighted by Gasteiger charge is 2.27. The van der Waals surface area contributed by atoms with Gasteiger partial charge in [-0.2, -0.15) is 0 Å². The molecule has 2 aliphatic rings. The molecular weight excluding hydrogens is 280 g/mol. The predicted octanol–water partition coefficient (Wildman–Crippen LogP) is 1.17. The molecule has 0 saturated carbocycles. The van der Waals surface area contributed by atoms with Gasteiger partial charge in [-0.3, -0.25) is 9.69 Å². The highest BCUT2D eigenvalue weighted by molar-refractivity contribution is 5.97. The van der Waals surface area contributed by atoms with Gasteiger partial charge in [0.25, 0.3) is 5.91 Å². The second-order valence-electron chi connectivity index (χ2n) is 5.81. The first kappa shape index (κ1) is 14.8. The molecule has 6 nitrogen and oxygen atoms in total. The van der Waals surface area contributed by atoms with Crippen LogP contribution in [0.25, 0.3) is 0 Å². The number of hydrogen-bond donors (Lipinski definition) is 2. The number of likely N-dealkylation sites (tertiary alicyclic amines) is 1. The van der Waals surface area contributed by atoms with E-state index in [0.717, 1.165) is 31.5 Å². The second kappa shape index (κ2) is 6.36. The van der Waals surface area contributed by atoms with E-state index in [1.807, 2.05) is 17.0 Å². The van der Waals surface area contributed by atoms with Gasteiger partial charge in [0.2, 0.25) is 0 Å². The molecular formula is C16H22N4O2. The summed E-state index contributed by atoms with van der Waals surface area (Å²) in [7, 11) is 0. The van der Waals surface area contributed by atoms with Crippen LogP contribution in [0.15, 0.2) is 24.3 Å². The van der Waals surface area contributed by atoms with Crippen molar-refractivity contribution in [3.8, 4) is 0 Å². The summed E-state index contributed by atoms with van der Waals surface area (Å²) in [6, 6.07) is 7.32. The van der Waals surface area contributed by atoms with E-state index in [1.165, 1.54) is 0 Å². The number of hydrogen-bond acceptors (Lipinski definition) is 3. The van der Waals surface area contributed by atoms with E-state index in [4.69, 9.17) is 5.73 Å². The van der Waals surface area contributed by atoms with Gasteiger partial charge >= 0.3 is 6.03 Å². The number of carbonyl (C=O) groups is 2. The lowest BCUT2D eigenvalue weighted by atomic mass is 10.0. The fourth-order valence-corrected chi connectivity index (χ4v) is 3.18. The lowest BCUT2D eigenvalue weighted by Gasteiger charge is -2.35. The van der Waals surface area contributed by atoms with E-state index >= 15 is 0 Å². The van der Waals surface area contributed by atoms with Gasteiger partial charge in [0, 0.05) is 43.5 Å². The third kappa shape index (κ3) is 2.78. The Labute approximate surface area is 130 Å². The van der Waals surface area contributed by atoms with Crippen LogP contribution in [0, 0.1) is 0 Å². The van der Waals surface area contributed by atoms with E-state index in [1.54, 1.807) is 17.0 Å².